The fourth-order valence-corrected chi connectivity index (χ4v) is 3.62. The molecule has 0 spiro atoms. The molecule has 0 unspecified atom stereocenters. The van der Waals surface area contributed by atoms with Crippen molar-refractivity contribution in [2.24, 2.45) is 0 Å². The molecule has 2 aromatic carbocycles. The smallest absolute Gasteiger partial charge is 0.123 e. The Balaban J connectivity index is 1.47. The molecule has 104 valence electrons. The Morgan fingerprint density at radius 1 is 0.952 bits per heavy atom. The van der Waals surface area contributed by atoms with E-state index < -0.39 is 0 Å². The minimum atomic E-state index is 0.508. The summed E-state index contributed by atoms with van der Waals surface area (Å²) in [5.41, 5.74) is 5.34. The van der Waals surface area contributed by atoms with Crippen LogP contribution in [0.4, 0.5) is 5.69 Å². The molecule has 0 saturated carbocycles. The van der Waals surface area contributed by atoms with Crippen LogP contribution in [0.5, 0.6) is 0 Å². The number of thiazole rings is 1. The van der Waals surface area contributed by atoms with E-state index in [2.05, 4.69) is 58.8 Å². The standard InChI is InChI=1S/C18H16N2S/c1-2-4-15-12-17(11-14(15)3-1)20-16-7-5-13(6-8-16)18-19-9-10-21-18/h1-10,17,20H,11-12H2. The molecular formula is C18H16N2S. The molecule has 0 radical (unpaired) electrons. The molecule has 1 aliphatic carbocycles. The Hall–Kier alpha value is -2.13. The Morgan fingerprint density at radius 3 is 2.29 bits per heavy atom. The van der Waals surface area contributed by atoms with Crippen LogP contribution in [0.15, 0.2) is 60.1 Å². The molecule has 0 bridgehead atoms. The first kappa shape index (κ1) is 12.6. The lowest BCUT2D eigenvalue weighted by atomic mass is 10.1. The maximum atomic E-state index is 4.34. The summed E-state index contributed by atoms with van der Waals surface area (Å²) < 4.78 is 0. The molecule has 3 aromatic rings. The van der Waals surface area contributed by atoms with Crippen molar-refractivity contribution in [3.05, 3.63) is 71.2 Å². The second-order valence-electron chi connectivity index (χ2n) is 5.43. The van der Waals surface area contributed by atoms with Crippen LogP contribution in [-0.2, 0) is 12.8 Å². The quantitative estimate of drug-likeness (QED) is 0.774. The summed E-state index contributed by atoms with van der Waals surface area (Å²) in [6.45, 7) is 0. The summed E-state index contributed by atoms with van der Waals surface area (Å²) in [5.74, 6) is 0. The van der Waals surface area contributed by atoms with Gasteiger partial charge in [0.15, 0.2) is 0 Å². The SMILES string of the molecule is c1ccc2c(c1)CC(Nc1ccc(-c3nccs3)cc1)C2. The van der Waals surface area contributed by atoms with E-state index in [4.69, 9.17) is 0 Å². The van der Waals surface area contributed by atoms with Crippen LogP contribution >= 0.6 is 11.3 Å². The molecule has 21 heavy (non-hydrogen) atoms. The van der Waals surface area contributed by atoms with Crippen LogP contribution in [0.2, 0.25) is 0 Å². The molecule has 0 amide bonds. The first-order chi connectivity index (χ1) is 10.4. The van der Waals surface area contributed by atoms with E-state index in [0.29, 0.717) is 6.04 Å². The molecule has 1 aromatic heterocycles. The van der Waals surface area contributed by atoms with Gasteiger partial charge in [0.25, 0.3) is 0 Å². The molecule has 2 nitrogen and oxygen atoms in total. The van der Waals surface area contributed by atoms with Crippen LogP contribution < -0.4 is 5.32 Å². The van der Waals surface area contributed by atoms with Crippen molar-refractivity contribution in [3.63, 3.8) is 0 Å². The van der Waals surface area contributed by atoms with Crippen molar-refractivity contribution >= 4 is 17.0 Å². The third-order valence-corrected chi connectivity index (χ3v) is 4.81. The van der Waals surface area contributed by atoms with E-state index in [9.17, 15) is 0 Å². The van der Waals surface area contributed by atoms with Crippen molar-refractivity contribution in [1.29, 1.82) is 0 Å². The van der Waals surface area contributed by atoms with E-state index in [1.807, 2.05) is 11.6 Å². The summed E-state index contributed by atoms with van der Waals surface area (Å²) in [6, 6.07) is 17.8. The number of hydrogen-bond donors (Lipinski definition) is 1. The highest BCUT2D eigenvalue weighted by atomic mass is 32.1. The van der Waals surface area contributed by atoms with Gasteiger partial charge in [-0.05, 0) is 48.2 Å². The van der Waals surface area contributed by atoms with E-state index >= 15 is 0 Å². The van der Waals surface area contributed by atoms with Crippen molar-refractivity contribution in [3.8, 4) is 10.6 Å². The van der Waals surface area contributed by atoms with Crippen molar-refractivity contribution in [2.45, 2.75) is 18.9 Å². The van der Waals surface area contributed by atoms with Crippen LogP contribution in [0.1, 0.15) is 11.1 Å². The summed E-state index contributed by atoms with van der Waals surface area (Å²) in [5, 5.41) is 6.73. The maximum Gasteiger partial charge on any atom is 0.123 e. The Morgan fingerprint density at radius 2 is 1.67 bits per heavy atom. The number of nitrogens with zero attached hydrogens (tertiary/aromatic N) is 1. The molecule has 1 N–H and O–H groups in total. The molecule has 0 saturated heterocycles. The van der Waals surface area contributed by atoms with Crippen molar-refractivity contribution in [1.82, 2.24) is 4.98 Å². The van der Waals surface area contributed by atoms with E-state index in [1.54, 1.807) is 11.3 Å². The van der Waals surface area contributed by atoms with Crippen LogP contribution in [-0.4, -0.2) is 11.0 Å². The minimum Gasteiger partial charge on any atom is -0.382 e. The summed E-state index contributed by atoms with van der Waals surface area (Å²) >= 11 is 1.67. The lowest BCUT2D eigenvalue weighted by Gasteiger charge is -2.13. The topological polar surface area (TPSA) is 24.9 Å². The van der Waals surface area contributed by atoms with E-state index in [1.165, 1.54) is 22.4 Å². The molecule has 1 heterocycles. The third kappa shape index (κ3) is 2.57. The lowest BCUT2D eigenvalue weighted by molar-refractivity contribution is 0.774. The number of anilines is 1. The van der Waals surface area contributed by atoms with Gasteiger partial charge in [0.2, 0.25) is 0 Å². The van der Waals surface area contributed by atoms with Crippen LogP contribution in [0, 0.1) is 0 Å². The van der Waals surface area contributed by atoms with Crippen molar-refractivity contribution in [2.75, 3.05) is 5.32 Å². The van der Waals surface area contributed by atoms with E-state index in [-0.39, 0.29) is 0 Å². The number of aromatic nitrogens is 1. The summed E-state index contributed by atoms with van der Waals surface area (Å²) in [4.78, 5) is 4.34. The van der Waals surface area contributed by atoms with Gasteiger partial charge in [-0.2, -0.15) is 0 Å². The first-order valence-corrected chi connectivity index (χ1v) is 8.10. The Kier molecular flexibility index (Phi) is 3.20. The zero-order valence-corrected chi connectivity index (χ0v) is 12.4. The van der Waals surface area contributed by atoms with Crippen LogP contribution in [0.3, 0.4) is 0 Å². The zero-order chi connectivity index (χ0) is 14.1. The predicted octanol–water partition coefficient (Wildman–Crippen LogP) is 4.39. The highest BCUT2D eigenvalue weighted by Gasteiger charge is 2.20. The molecule has 4 rings (SSSR count). The van der Waals surface area contributed by atoms with Gasteiger partial charge in [0.05, 0.1) is 0 Å². The normalized spacial score (nSPS) is 14.1. The van der Waals surface area contributed by atoms with Crippen LogP contribution in [0.25, 0.3) is 10.6 Å². The van der Waals surface area contributed by atoms with E-state index in [0.717, 1.165) is 17.8 Å². The molecular weight excluding hydrogens is 276 g/mol. The molecule has 0 aliphatic heterocycles. The Bertz CT molecular complexity index is 707. The van der Waals surface area contributed by atoms with Gasteiger partial charge in [-0.15, -0.1) is 11.3 Å². The number of nitrogens with one attached hydrogen (secondary N) is 1. The van der Waals surface area contributed by atoms with Gasteiger partial charge in [-0.25, -0.2) is 4.98 Å². The maximum absolute atomic E-state index is 4.34. The fraction of sp³-hybridized carbons (Fsp3) is 0.167. The second kappa shape index (κ2) is 5.34. The monoisotopic (exact) mass is 292 g/mol. The zero-order valence-electron chi connectivity index (χ0n) is 11.6. The largest absolute Gasteiger partial charge is 0.382 e. The average molecular weight is 292 g/mol. The van der Waals surface area contributed by atoms with Gasteiger partial charge in [-0.3, -0.25) is 0 Å². The lowest BCUT2D eigenvalue weighted by Crippen LogP contribution is -2.19. The van der Waals surface area contributed by atoms with Gasteiger partial charge in [0, 0.05) is 28.9 Å². The predicted molar refractivity (Wildman–Crippen MR) is 88.8 cm³/mol. The number of hydrogen-bond acceptors (Lipinski definition) is 3. The molecule has 3 heteroatoms. The fourth-order valence-electron chi connectivity index (χ4n) is 2.97. The first-order valence-electron chi connectivity index (χ1n) is 7.22. The minimum absolute atomic E-state index is 0.508. The second-order valence-corrected chi connectivity index (χ2v) is 6.33. The molecule has 1 aliphatic rings. The number of rotatable bonds is 3. The number of benzene rings is 2. The third-order valence-electron chi connectivity index (χ3n) is 3.99. The highest BCUT2D eigenvalue weighted by molar-refractivity contribution is 7.13. The van der Waals surface area contributed by atoms with Crippen molar-refractivity contribution < 1.29 is 0 Å². The van der Waals surface area contributed by atoms with Gasteiger partial charge in [-0.1, -0.05) is 24.3 Å². The molecule has 0 fully saturated rings. The number of fused-ring (bicyclic) bond motifs is 1. The van der Waals surface area contributed by atoms with Gasteiger partial charge < -0.3 is 5.32 Å². The summed E-state index contributed by atoms with van der Waals surface area (Å²) in [7, 11) is 0. The molecule has 0 atom stereocenters. The van der Waals surface area contributed by atoms with Gasteiger partial charge in [0.1, 0.15) is 5.01 Å². The summed E-state index contributed by atoms with van der Waals surface area (Å²) in [6.07, 6.45) is 4.08. The highest BCUT2D eigenvalue weighted by Crippen LogP contribution is 2.26. The Labute approximate surface area is 128 Å². The van der Waals surface area contributed by atoms with Gasteiger partial charge >= 0.3 is 0 Å². The average Bonchev–Trinajstić information content (AvgIpc) is 3.17.